The highest BCUT2D eigenvalue weighted by molar-refractivity contribution is 7.07. The average molecular weight is 355 g/mol. The molecule has 0 atom stereocenters. The molecule has 0 spiro atoms. The second kappa shape index (κ2) is 9.15. The van der Waals surface area contributed by atoms with Gasteiger partial charge in [0.1, 0.15) is 0 Å². The van der Waals surface area contributed by atoms with Crippen molar-refractivity contribution in [3.8, 4) is 17.4 Å². The molecular weight excluding hydrogens is 334 g/mol. The van der Waals surface area contributed by atoms with Crippen LogP contribution in [0.5, 0.6) is 17.4 Å². The molecule has 25 heavy (non-hydrogen) atoms. The Morgan fingerprint density at radius 2 is 1.92 bits per heavy atom. The summed E-state index contributed by atoms with van der Waals surface area (Å²) in [4.78, 5) is 8.65. The van der Waals surface area contributed by atoms with E-state index in [-0.39, 0.29) is 0 Å². The summed E-state index contributed by atoms with van der Waals surface area (Å²) in [6, 6.07) is 11.6. The minimum absolute atomic E-state index is 0.584. The van der Waals surface area contributed by atoms with Gasteiger partial charge in [-0.2, -0.15) is 0 Å². The van der Waals surface area contributed by atoms with Crippen LogP contribution in [0.2, 0.25) is 0 Å². The van der Waals surface area contributed by atoms with E-state index in [9.17, 15) is 0 Å². The Morgan fingerprint density at radius 3 is 2.72 bits per heavy atom. The van der Waals surface area contributed by atoms with E-state index in [1.807, 2.05) is 47.3 Å². The number of nitrogens with one attached hydrogen (secondary N) is 1. The number of hydrogen-bond donors (Lipinski definition) is 1. The van der Waals surface area contributed by atoms with Gasteiger partial charge in [0.2, 0.25) is 5.88 Å². The zero-order valence-corrected chi connectivity index (χ0v) is 15.0. The molecule has 0 aliphatic heterocycles. The van der Waals surface area contributed by atoms with Crippen LogP contribution in [0.25, 0.3) is 0 Å². The summed E-state index contributed by atoms with van der Waals surface area (Å²) in [5, 5.41) is 5.41. The molecule has 3 rings (SSSR count). The summed E-state index contributed by atoms with van der Waals surface area (Å²) in [6.07, 6.45) is 2.68. The molecule has 6 heteroatoms. The van der Waals surface area contributed by atoms with Crippen molar-refractivity contribution in [2.75, 3.05) is 6.61 Å². The molecule has 1 aromatic carbocycles. The Bertz CT molecular complexity index is 778. The van der Waals surface area contributed by atoms with Crippen LogP contribution in [0.3, 0.4) is 0 Å². The maximum Gasteiger partial charge on any atom is 0.223 e. The van der Waals surface area contributed by atoms with E-state index in [0.717, 1.165) is 23.4 Å². The molecule has 3 aromatic rings. The van der Waals surface area contributed by atoms with Crippen molar-refractivity contribution in [2.24, 2.45) is 0 Å². The number of pyridine rings is 1. The fourth-order valence-electron chi connectivity index (χ4n) is 2.27. The Labute approximate surface area is 151 Å². The first kappa shape index (κ1) is 17.4. The van der Waals surface area contributed by atoms with Crippen LogP contribution in [-0.4, -0.2) is 16.6 Å². The molecule has 5 nitrogen and oxygen atoms in total. The van der Waals surface area contributed by atoms with E-state index in [1.54, 1.807) is 17.5 Å². The highest BCUT2D eigenvalue weighted by Crippen LogP contribution is 2.31. The molecule has 0 unspecified atom stereocenters. The molecule has 0 fully saturated rings. The van der Waals surface area contributed by atoms with Crippen LogP contribution in [0.1, 0.15) is 24.6 Å². The van der Waals surface area contributed by atoms with Crippen molar-refractivity contribution in [3.63, 3.8) is 0 Å². The Hall–Kier alpha value is -2.44. The third-order valence-electron chi connectivity index (χ3n) is 3.47. The number of hydrogen-bond acceptors (Lipinski definition) is 6. The molecule has 0 bridgehead atoms. The lowest BCUT2D eigenvalue weighted by molar-refractivity contribution is 0.300. The lowest BCUT2D eigenvalue weighted by atomic mass is 10.2. The maximum absolute atomic E-state index is 6.04. The number of ether oxygens (including phenoxy) is 2. The zero-order valence-electron chi connectivity index (χ0n) is 14.1. The van der Waals surface area contributed by atoms with Crippen LogP contribution >= 0.6 is 11.3 Å². The van der Waals surface area contributed by atoms with Gasteiger partial charge in [-0.05, 0) is 24.6 Å². The number of rotatable bonds is 9. The maximum atomic E-state index is 6.04. The lowest BCUT2D eigenvalue weighted by Gasteiger charge is -2.13. The first-order valence-electron chi connectivity index (χ1n) is 8.28. The topological polar surface area (TPSA) is 56.3 Å². The predicted molar refractivity (Wildman–Crippen MR) is 99.2 cm³/mol. The van der Waals surface area contributed by atoms with Gasteiger partial charge in [0.25, 0.3) is 0 Å². The van der Waals surface area contributed by atoms with Gasteiger partial charge in [0.15, 0.2) is 11.5 Å². The fraction of sp³-hybridized carbons (Fsp3) is 0.263. The number of aromatic nitrogens is 2. The average Bonchev–Trinajstić information content (AvgIpc) is 3.16. The second-order valence-electron chi connectivity index (χ2n) is 5.45. The zero-order chi connectivity index (χ0) is 17.3. The van der Waals surface area contributed by atoms with Gasteiger partial charge in [0.05, 0.1) is 17.8 Å². The summed E-state index contributed by atoms with van der Waals surface area (Å²) in [5.41, 5.74) is 3.86. The molecule has 0 aliphatic rings. The molecule has 0 aliphatic carbocycles. The van der Waals surface area contributed by atoms with Gasteiger partial charge in [-0.25, -0.2) is 9.97 Å². The lowest BCUT2D eigenvalue weighted by Crippen LogP contribution is -2.13. The van der Waals surface area contributed by atoms with Crippen LogP contribution < -0.4 is 14.8 Å². The second-order valence-corrected chi connectivity index (χ2v) is 6.17. The van der Waals surface area contributed by atoms with E-state index >= 15 is 0 Å². The van der Waals surface area contributed by atoms with Crippen molar-refractivity contribution in [2.45, 2.75) is 26.4 Å². The van der Waals surface area contributed by atoms with Gasteiger partial charge < -0.3 is 14.8 Å². The molecule has 0 saturated heterocycles. The number of thiazole rings is 1. The standard InChI is InChI=1S/C19H21N3O2S/c1-2-10-23-17-7-3-4-8-18(17)24-19-15(6-5-9-21-19)11-20-12-16-13-25-14-22-16/h3-9,13-14,20H,2,10-12H2,1H3. The summed E-state index contributed by atoms with van der Waals surface area (Å²) < 4.78 is 11.8. The summed E-state index contributed by atoms with van der Waals surface area (Å²) in [6.45, 7) is 4.10. The van der Waals surface area contributed by atoms with Crippen LogP contribution in [0, 0.1) is 0 Å². The van der Waals surface area contributed by atoms with Crippen LogP contribution in [0.15, 0.2) is 53.5 Å². The van der Waals surface area contributed by atoms with Gasteiger partial charge in [-0.3, -0.25) is 0 Å². The molecule has 130 valence electrons. The molecule has 0 saturated carbocycles. The first-order chi connectivity index (χ1) is 12.4. The normalized spacial score (nSPS) is 10.6. The van der Waals surface area contributed by atoms with E-state index in [2.05, 4.69) is 22.2 Å². The number of benzene rings is 1. The predicted octanol–water partition coefficient (Wildman–Crippen LogP) is 4.41. The molecular formula is C19H21N3O2S. The molecule has 0 radical (unpaired) electrons. The molecule has 2 aromatic heterocycles. The van der Waals surface area contributed by atoms with Gasteiger partial charge >= 0.3 is 0 Å². The van der Waals surface area contributed by atoms with Crippen LogP contribution in [-0.2, 0) is 13.1 Å². The summed E-state index contributed by atoms with van der Waals surface area (Å²) in [5.74, 6) is 1.99. The van der Waals surface area contributed by atoms with Crippen molar-refractivity contribution in [1.82, 2.24) is 15.3 Å². The highest BCUT2D eigenvalue weighted by Gasteiger charge is 2.10. The Balaban J connectivity index is 1.68. The minimum Gasteiger partial charge on any atom is -0.490 e. The van der Waals surface area contributed by atoms with E-state index in [1.165, 1.54) is 0 Å². The highest BCUT2D eigenvalue weighted by atomic mass is 32.1. The smallest absolute Gasteiger partial charge is 0.223 e. The monoisotopic (exact) mass is 355 g/mol. The largest absolute Gasteiger partial charge is 0.490 e. The molecule has 2 heterocycles. The summed E-state index contributed by atoms with van der Waals surface area (Å²) >= 11 is 1.60. The van der Waals surface area contributed by atoms with Crippen molar-refractivity contribution in [1.29, 1.82) is 0 Å². The van der Waals surface area contributed by atoms with E-state index in [4.69, 9.17) is 9.47 Å². The fourth-order valence-corrected chi connectivity index (χ4v) is 2.83. The quantitative estimate of drug-likeness (QED) is 0.616. The Morgan fingerprint density at radius 1 is 1.04 bits per heavy atom. The minimum atomic E-state index is 0.584. The third-order valence-corrected chi connectivity index (χ3v) is 4.11. The van der Waals surface area contributed by atoms with Gasteiger partial charge in [0, 0.05) is 30.2 Å². The number of para-hydroxylation sites is 2. The number of nitrogens with zero attached hydrogens (tertiary/aromatic N) is 2. The van der Waals surface area contributed by atoms with Crippen molar-refractivity contribution >= 4 is 11.3 Å². The molecule has 0 amide bonds. The molecule has 1 N–H and O–H groups in total. The Kier molecular flexibility index (Phi) is 6.36. The first-order valence-corrected chi connectivity index (χ1v) is 9.22. The van der Waals surface area contributed by atoms with E-state index in [0.29, 0.717) is 31.3 Å². The summed E-state index contributed by atoms with van der Waals surface area (Å²) in [7, 11) is 0. The van der Waals surface area contributed by atoms with Gasteiger partial charge in [-0.15, -0.1) is 11.3 Å². The van der Waals surface area contributed by atoms with Crippen LogP contribution in [0.4, 0.5) is 0 Å². The third kappa shape index (κ3) is 5.01. The van der Waals surface area contributed by atoms with Crippen molar-refractivity contribution in [3.05, 3.63) is 64.7 Å². The van der Waals surface area contributed by atoms with Gasteiger partial charge in [-0.1, -0.05) is 25.1 Å². The van der Waals surface area contributed by atoms with E-state index < -0.39 is 0 Å². The SMILES string of the molecule is CCCOc1ccccc1Oc1ncccc1CNCc1cscn1. The van der Waals surface area contributed by atoms with Crippen molar-refractivity contribution < 1.29 is 9.47 Å².